The molecular formula is C24H30N4O4. The molecule has 0 radical (unpaired) electrons. The first-order valence-electron chi connectivity index (χ1n) is 11.2. The van der Waals surface area contributed by atoms with Gasteiger partial charge in [-0.2, -0.15) is 0 Å². The molecule has 4 rings (SSSR count). The second-order valence-corrected chi connectivity index (χ2v) is 8.46. The van der Waals surface area contributed by atoms with Gasteiger partial charge in [0.15, 0.2) is 0 Å². The topological polar surface area (TPSA) is 92.7 Å². The molecule has 2 atom stereocenters. The smallest absolute Gasteiger partial charge is 0.263 e. The molecule has 1 saturated carbocycles. The van der Waals surface area contributed by atoms with E-state index in [2.05, 4.69) is 15.5 Å². The Morgan fingerprint density at radius 3 is 2.59 bits per heavy atom. The minimum absolute atomic E-state index is 0.0317. The first kappa shape index (κ1) is 22.2. The van der Waals surface area contributed by atoms with Crippen molar-refractivity contribution in [1.29, 1.82) is 0 Å². The predicted molar refractivity (Wildman–Crippen MR) is 121 cm³/mol. The van der Waals surface area contributed by atoms with E-state index in [1.165, 1.54) is 17.7 Å². The number of hydrogen-bond acceptors (Lipinski definition) is 5. The number of hydrogen-bond donors (Lipinski definition) is 2. The Balaban J connectivity index is 1.43. The molecular weight excluding hydrogens is 408 g/mol. The lowest BCUT2D eigenvalue weighted by Gasteiger charge is -2.26. The van der Waals surface area contributed by atoms with Gasteiger partial charge in [-0.25, -0.2) is 0 Å². The van der Waals surface area contributed by atoms with E-state index in [1.807, 2.05) is 30.3 Å². The van der Waals surface area contributed by atoms with E-state index in [0.717, 1.165) is 51.3 Å². The Hall–Kier alpha value is -2.97. The van der Waals surface area contributed by atoms with Gasteiger partial charge >= 0.3 is 0 Å². The van der Waals surface area contributed by atoms with Crippen molar-refractivity contribution in [1.82, 2.24) is 20.1 Å². The van der Waals surface area contributed by atoms with Crippen LogP contribution in [0.1, 0.15) is 39.1 Å². The third kappa shape index (κ3) is 5.44. The van der Waals surface area contributed by atoms with Gasteiger partial charge in [-0.15, -0.1) is 0 Å². The van der Waals surface area contributed by atoms with Gasteiger partial charge in [-0.3, -0.25) is 19.3 Å². The quantitative estimate of drug-likeness (QED) is 0.644. The first-order chi connectivity index (χ1) is 15.5. The molecule has 2 fully saturated rings. The highest BCUT2D eigenvalue weighted by Crippen LogP contribution is 2.34. The van der Waals surface area contributed by atoms with Crippen molar-refractivity contribution in [2.45, 2.75) is 25.4 Å². The Morgan fingerprint density at radius 2 is 1.88 bits per heavy atom. The summed E-state index contributed by atoms with van der Waals surface area (Å²) in [6, 6.07) is 11.0. The summed E-state index contributed by atoms with van der Waals surface area (Å²) in [6.45, 7) is 4.82. The highest BCUT2D eigenvalue weighted by Gasteiger charge is 2.38. The molecule has 32 heavy (non-hydrogen) atoms. The van der Waals surface area contributed by atoms with E-state index >= 15 is 0 Å². The molecule has 8 heteroatoms. The van der Waals surface area contributed by atoms with E-state index in [9.17, 15) is 14.4 Å². The van der Waals surface area contributed by atoms with Crippen LogP contribution in [0.2, 0.25) is 0 Å². The lowest BCUT2D eigenvalue weighted by Crippen LogP contribution is -2.37. The minimum atomic E-state index is -0.499. The van der Waals surface area contributed by atoms with E-state index in [1.54, 1.807) is 6.20 Å². The fourth-order valence-corrected chi connectivity index (χ4v) is 4.12. The zero-order chi connectivity index (χ0) is 22.5. The van der Waals surface area contributed by atoms with Crippen LogP contribution in [0.15, 0.2) is 47.4 Å². The molecule has 0 bridgehead atoms. The fourth-order valence-electron chi connectivity index (χ4n) is 4.12. The van der Waals surface area contributed by atoms with E-state index < -0.39 is 11.5 Å². The van der Waals surface area contributed by atoms with E-state index in [-0.39, 0.29) is 24.1 Å². The van der Waals surface area contributed by atoms with Gasteiger partial charge in [0.25, 0.3) is 17.4 Å². The van der Waals surface area contributed by atoms with Gasteiger partial charge in [-0.05, 0) is 36.9 Å². The normalized spacial score (nSPS) is 20.5. The number of rotatable bonds is 8. The van der Waals surface area contributed by atoms with E-state index in [4.69, 9.17) is 4.74 Å². The zero-order valence-corrected chi connectivity index (χ0v) is 18.4. The minimum Gasteiger partial charge on any atom is -0.379 e. The second-order valence-electron chi connectivity index (χ2n) is 8.46. The van der Waals surface area contributed by atoms with Gasteiger partial charge in [-0.1, -0.05) is 30.3 Å². The number of aromatic nitrogens is 1. The molecule has 1 aromatic heterocycles. The molecule has 2 heterocycles. The lowest BCUT2D eigenvalue weighted by molar-refractivity contribution is 0.0367. The molecule has 1 aromatic carbocycles. The predicted octanol–water partition coefficient (Wildman–Crippen LogP) is 1.10. The number of carbonyl (C=O) groups excluding carboxylic acids is 2. The van der Waals surface area contributed by atoms with Crippen LogP contribution in [0.4, 0.5) is 0 Å². The maximum absolute atomic E-state index is 12.9. The standard InChI is InChI=1S/C24H30N4O4/c1-25-23(30)20-13-19(16-28(24(20)31)15-17-5-3-2-4-6-17)22(29)26-21-14-18(21)7-8-27-9-11-32-12-10-27/h2-6,13,16,18,21H,7-12,14-15H2,1H3,(H,25,30)(H,26,29)/t18-,21-/m0/s1. The number of nitrogens with zero attached hydrogens (tertiary/aromatic N) is 2. The Labute approximate surface area is 187 Å². The number of ether oxygens (including phenoxy) is 1. The Morgan fingerprint density at radius 1 is 1.12 bits per heavy atom. The molecule has 2 aromatic rings. The number of nitrogens with one attached hydrogen (secondary N) is 2. The SMILES string of the molecule is CNC(=O)c1cc(C(=O)N[C@H]2C[C@@H]2CCN2CCOCC2)cn(Cc2ccccc2)c1=O. The van der Waals surface area contributed by atoms with Gasteiger partial charge in [0.05, 0.1) is 25.3 Å². The van der Waals surface area contributed by atoms with Crippen molar-refractivity contribution >= 4 is 11.8 Å². The van der Waals surface area contributed by atoms with Crippen molar-refractivity contribution in [2.24, 2.45) is 5.92 Å². The summed E-state index contributed by atoms with van der Waals surface area (Å²) in [4.78, 5) is 40.4. The van der Waals surface area contributed by atoms with Gasteiger partial charge in [0.2, 0.25) is 0 Å². The lowest BCUT2D eigenvalue weighted by atomic mass is 10.1. The number of benzene rings is 1. The van der Waals surface area contributed by atoms with Crippen LogP contribution in [-0.4, -0.2) is 67.2 Å². The number of morpholine rings is 1. The molecule has 2 N–H and O–H groups in total. The maximum Gasteiger partial charge on any atom is 0.263 e. The molecule has 0 unspecified atom stereocenters. The van der Waals surface area contributed by atoms with Crippen molar-refractivity contribution in [3.05, 3.63) is 69.6 Å². The molecule has 2 amide bonds. The highest BCUT2D eigenvalue weighted by atomic mass is 16.5. The number of amides is 2. The van der Waals surface area contributed by atoms with Crippen molar-refractivity contribution < 1.29 is 14.3 Å². The number of carbonyl (C=O) groups is 2. The Bertz CT molecular complexity index is 1010. The van der Waals surface area contributed by atoms with Crippen LogP contribution in [0.25, 0.3) is 0 Å². The maximum atomic E-state index is 12.9. The molecule has 0 spiro atoms. The van der Waals surface area contributed by atoms with Crippen LogP contribution in [0.3, 0.4) is 0 Å². The molecule has 2 aliphatic rings. The third-order valence-electron chi connectivity index (χ3n) is 6.17. The van der Waals surface area contributed by atoms with Gasteiger partial charge < -0.3 is 19.9 Å². The molecule has 1 aliphatic carbocycles. The van der Waals surface area contributed by atoms with Crippen molar-refractivity contribution in [3.63, 3.8) is 0 Å². The summed E-state index contributed by atoms with van der Waals surface area (Å²) in [6.07, 6.45) is 3.55. The van der Waals surface area contributed by atoms with Crippen LogP contribution < -0.4 is 16.2 Å². The van der Waals surface area contributed by atoms with Gasteiger partial charge in [0, 0.05) is 32.4 Å². The summed E-state index contributed by atoms with van der Waals surface area (Å²) in [5.41, 5.74) is 0.786. The van der Waals surface area contributed by atoms with Crippen LogP contribution in [0, 0.1) is 5.92 Å². The molecule has 1 saturated heterocycles. The summed E-state index contributed by atoms with van der Waals surface area (Å²) in [5, 5.41) is 5.56. The van der Waals surface area contributed by atoms with E-state index in [0.29, 0.717) is 11.5 Å². The summed E-state index contributed by atoms with van der Waals surface area (Å²) in [5.74, 6) is -0.285. The first-order valence-corrected chi connectivity index (χ1v) is 11.2. The largest absolute Gasteiger partial charge is 0.379 e. The van der Waals surface area contributed by atoms with Crippen molar-refractivity contribution in [3.8, 4) is 0 Å². The Kier molecular flexibility index (Phi) is 7.02. The zero-order valence-electron chi connectivity index (χ0n) is 18.4. The fraction of sp³-hybridized carbons (Fsp3) is 0.458. The van der Waals surface area contributed by atoms with Crippen LogP contribution in [-0.2, 0) is 11.3 Å². The van der Waals surface area contributed by atoms with Crippen LogP contribution in [0.5, 0.6) is 0 Å². The van der Waals surface area contributed by atoms with Gasteiger partial charge in [0.1, 0.15) is 5.56 Å². The monoisotopic (exact) mass is 438 g/mol. The molecule has 8 nitrogen and oxygen atoms in total. The third-order valence-corrected chi connectivity index (χ3v) is 6.17. The average Bonchev–Trinajstić information content (AvgIpc) is 3.57. The van der Waals surface area contributed by atoms with Crippen LogP contribution >= 0.6 is 0 Å². The summed E-state index contributed by atoms with van der Waals surface area (Å²) in [7, 11) is 1.47. The highest BCUT2D eigenvalue weighted by molar-refractivity contribution is 5.99. The molecule has 1 aliphatic heterocycles. The number of pyridine rings is 1. The molecule has 170 valence electrons. The van der Waals surface area contributed by atoms with Crippen molar-refractivity contribution in [2.75, 3.05) is 39.9 Å². The summed E-state index contributed by atoms with van der Waals surface area (Å²) >= 11 is 0. The summed E-state index contributed by atoms with van der Waals surface area (Å²) < 4.78 is 6.81. The average molecular weight is 439 g/mol. The second kappa shape index (κ2) is 10.1.